The van der Waals surface area contributed by atoms with Crippen LogP contribution in [0.4, 0.5) is 17.5 Å². The Bertz CT molecular complexity index is 1180. The predicted molar refractivity (Wildman–Crippen MR) is 118 cm³/mol. The molecule has 0 aliphatic heterocycles. The zero-order chi connectivity index (χ0) is 19.8. The number of hydrogen-bond donors (Lipinski definition) is 2. The van der Waals surface area contributed by atoms with Crippen molar-refractivity contribution in [2.24, 2.45) is 0 Å². The molecular weight excluding hydrogens is 358 g/mol. The number of pyridine rings is 1. The molecule has 4 aromatic rings. The fourth-order valence-corrected chi connectivity index (χ4v) is 4.08. The summed E-state index contributed by atoms with van der Waals surface area (Å²) in [5, 5.41) is 7.99. The summed E-state index contributed by atoms with van der Waals surface area (Å²) in [6.45, 7) is 3.95. The van der Waals surface area contributed by atoms with E-state index in [2.05, 4.69) is 63.1 Å². The van der Waals surface area contributed by atoms with Crippen molar-refractivity contribution in [3.8, 4) is 0 Å². The van der Waals surface area contributed by atoms with Crippen molar-refractivity contribution >= 4 is 28.4 Å². The van der Waals surface area contributed by atoms with Gasteiger partial charge < -0.3 is 10.6 Å². The molecule has 1 aliphatic carbocycles. The Balaban J connectivity index is 1.37. The van der Waals surface area contributed by atoms with E-state index in [9.17, 15) is 0 Å². The summed E-state index contributed by atoms with van der Waals surface area (Å²) in [5.41, 5.74) is 6.65. The number of rotatable bonds is 4. The second kappa shape index (κ2) is 7.17. The van der Waals surface area contributed by atoms with Gasteiger partial charge in [0.1, 0.15) is 5.82 Å². The van der Waals surface area contributed by atoms with E-state index in [1.54, 1.807) is 0 Å². The predicted octanol–water partition coefficient (Wildman–Crippen LogP) is 5.48. The van der Waals surface area contributed by atoms with Crippen LogP contribution in [-0.2, 0) is 6.42 Å². The smallest absolute Gasteiger partial charge is 0.227 e. The van der Waals surface area contributed by atoms with Gasteiger partial charge >= 0.3 is 0 Å². The van der Waals surface area contributed by atoms with E-state index in [1.165, 1.54) is 11.1 Å². The van der Waals surface area contributed by atoms with E-state index in [0.29, 0.717) is 12.0 Å². The number of benzene rings is 2. The minimum atomic E-state index is 0.332. The number of aromatic nitrogens is 3. The summed E-state index contributed by atoms with van der Waals surface area (Å²) in [5.74, 6) is 1.53. The topological polar surface area (TPSA) is 62.7 Å². The number of aryl methyl sites for hydroxylation is 3. The molecule has 0 radical (unpaired) electrons. The number of hydrogen-bond acceptors (Lipinski definition) is 5. The van der Waals surface area contributed by atoms with E-state index in [-0.39, 0.29) is 0 Å². The molecule has 144 valence electrons. The molecule has 2 heterocycles. The van der Waals surface area contributed by atoms with Gasteiger partial charge in [0.05, 0.1) is 11.6 Å². The van der Waals surface area contributed by atoms with E-state index in [4.69, 9.17) is 4.98 Å². The van der Waals surface area contributed by atoms with E-state index in [1.807, 2.05) is 32.0 Å². The molecule has 2 aromatic heterocycles. The summed E-state index contributed by atoms with van der Waals surface area (Å²) >= 11 is 0. The lowest BCUT2D eigenvalue weighted by Gasteiger charge is -2.15. The highest BCUT2D eigenvalue weighted by Gasteiger charge is 2.21. The maximum absolute atomic E-state index is 4.82. The Morgan fingerprint density at radius 1 is 0.862 bits per heavy atom. The van der Waals surface area contributed by atoms with Crippen LogP contribution >= 0.6 is 0 Å². The summed E-state index contributed by atoms with van der Waals surface area (Å²) in [6, 6.07) is 21.3. The molecule has 0 saturated heterocycles. The Morgan fingerprint density at radius 3 is 2.55 bits per heavy atom. The summed E-state index contributed by atoms with van der Waals surface area (Å²) in [7, 11) is 0. The lowest BCUT2D eigenvalue weighted by atomic mass is 10.1. The first-order valence-corrected chi connectivity index (χ1v) is 9.98. The standard InChI is InChI=1S/C24H23N5/c1-15-13-16(2)26-24(25-15)27-19-9-11-21-18(14-19)8-12-23(28-21)29-22-10-7-17-5-3-4-6-20(17)22/h3-6,8-9,11-14,22H,7,10H2,1-2H3,(H,28,29)(H,25,26,27)/t22-/m1/s1. The fraction of sp³-hybridized carbons (Fsp3) is 0.208. The van der Waals surface area contributed by atoms with Crippen molar-refractivity contribution in [2.45, 2.75) is 32.7 Å². The second-order valence-corrected chi connectivity index (χ2v) is 7.64. The van der Waals surface area contributed by atoms with Gasteiger partial charge in [0.25, 0.3) is 0 Å². The molecule has 1 atom stereocenters. The third-order valence-electron chi connectivity index (χ3n) is 5.38. The van der Waals surface area contributed by atoms with Gasteiger partial charge in [0.2, 0.25) is 5.95 Å². The minimum Gasteiger partial charge on any atom is -0.363 e. The average molecular weight is 381 g/mol. The van der Waals surface area contributed by atoms with Crippen molar-refractivity contribution in [3.05, 3.63) is 83.2 Å². The highest BCUT2D eigenvalue weighted by molar-refractivity contribution is 5.84. The first kappa shape index (κ1) is 17.6. The van der Waals surface area contributed by atoms with Crippen LogP contribution in [0.2, 0.25) is 0 Å². The third-order valence-corrected chi connectivity index (χ3v) is 5.38. The van der Waals surface area contributed by atoms with E-state index < -0.39 is 0 Å². The van der Waals surface area contributed by atoms with Gasteiger partial charge in [-0.15, -0.1) is 0 Å². The Morgan fingerprint density at radius 2 is 1.69 bits per heavy atom. The zero-order valence-electron chi connectivity index (χ0n) is 16.6. The van der Waals surface area contributed by atoms with Gasteiger partial charge in [-0.1, -0.05) is 24.3 Å². The van der Waals surface area contributed by atoms with Gasteiger partial charge in [0.15, 0.2) is 0 Å². The molecule has 2 aromatic carbocycles. The SMILES string of the molecule is Cc1cc(C)nc(Nc2ccc3nc(N[C@@H]4CCc5ccccc54)ccc3c2)n1. The maximum atomic E-state index is 4.82. The first-order chi connectivity index (χ1) is 14.1. The van der Waals surface area contributed by atoms with Gasteiger partial charge in [-0.2, -0.15) is 0 Å². The summed E-state index contributed by atoms with van der Waals surface area (Å²) in [6.07, 6.45) is 2.23. The highest BCUT2D eigenvalue weighted by atomic mass is 15.1. The van der Waals surface area contributed by atoms with Gasteiger partial charge in [-0.3, -0.25) is 0 Å². The first-order valence-electron chi connectivity index (χ1n) is 9.98. The maximum Gasteiger partial charge on any atom is 0.227 e. The van der Waals surface area contributed by atoms with Crippen LogP contribution in [0.15, 0.2) is 60.7 Å². The van der Waals surface area contributed by atoms with Crippen LogP contribution in [0.25, 0.3) is 10.9 Å². The molecule has 0 fully saturated rings. The number of nitrogens with one attached hydrogen (secondary N) is 2. The van der Waals surface area contributed by atoms with Crippen LogP contribution in [0.3, 0.4) is 0 Å². The van der Waals surface area contributed by atoms with E-state index in [0.717, 1.165) is 46.6 Å². The van der Waals surface area contributed by atoms with Gasteiger partial charge in [-0.25, -0.2) is 15.0 Å². The lowest BCUT2D eigenvalue weighted by Crippen LogP contribution is -2.08. The molecule has 0 amide bonds. The average Bonchev–Trinajstić information content (AvgIpc) is 3.10. The Kier molecular flexibility index (Phi) is 4.35. The van der Waals surface area contributed by atoms with Crippen LogP contribution in [0.1, 0.15) is 35.0 Å². The van der Waals surface area contributed by atoms with E-state index >= 15 is 0 Å². The molecule has 29 heavy (non-hydrogen) atoms. The van der Waals surface area contributed by atoms with Crippen LogP contribution in [0, 0.1) is 13.8 Å². The van der Waals surface area contributed by atoms with Crippen molar-refractivity contribution in [2.75, 3.05) is 10.6 Å². The fourth-order valence-electron chi connectivity index (χ4n) is 4.08. The van der Waals surface area contributed by atoms with Crippen molar-refractivity contribution < 1.29 is 0 Å². The Hall–Kier alpha value is -3.47. The number of anilines is 3. The molecular formula is C24H23N5. The minimum absolute atomic E-state index is 0.332. The summed E-state index contributed by atoms with van der Waals surface area (Å²) < 4.78 is 0. The molecule has 0 unspecified atom stereocenters. The molecule has 0 bridgehead atoms. The largest absolute Gasteiger partial charge is 0.363 e. The normalized spacial score (nSPS) is 15.3. The highest BCUT2D eigenvalue weighted by Crippen LogP contribution is 2.33. The second-order valence-electron chi connectivity index (χ2n) is 7.64. The number of nitrogens with zero attached hydrogens (tertiary/aromatic N) is 3. The van der Waals surface area contributed by atoms with Crippen LogP contribution in [-0.4, -0.2) is 15.0 Å². The van der Waals surface area contributed by atoms with Gasteiger partial charge in [0, 0.05) is 22.5 Å². The molecule has 5 nitrogen and oxygen atoms in total. The van der Waals surface area contributed by atoms with Crippen LogP contribution < -0.4 is 10.6 Å². The molecule has 5 heteroatoms. The molecule has 1 aliphatic rings. The zero-order valence-corrected chi connectivity index (χ0v) is 16.6. The van der Waals surface area contributed by atoms with Crippen molar-refractivity contribution in [1.82, 2.24) is 15.0 Å². The molecule has 2 N–H and O–H groups in total. The van der Waals surface area contributed by atoms with Gasteiger partial charge in [-0.05, 0) is 74.2 Å². The van der Waals surface area contributed by atoms with Crippen molar-refractivity contribution in [3.63, 3.8) is 0 Å². The quantitative estimate of drug-likeness (QED) is 0.490. The lowest BCUT2D eigenvalue weighted by molar-refractivity contribution is 0.758. The molecule has 0 saturated carbocycles. The van der Waals surface area contributed by atoms with Crippen molar-refractivity contribution in [1.29, 1.82) is 0 Å². The molecule has 0 spiro atoms. The monoisotopic (exact) mass is 381 g/mol. The summed E-state index contributed by atoms with van der Waals surface area (Å²) in [4.78, 5) is 13.7. The Labute approximate surface area is 170 Å². The molecule has 5 rings (SSSR count). The van der Waals surface area contributed by atoms with Crippen LogP contribution in [0.5, 0.6) is 0 Å². The number of fused-ring (bicyclic) bond motifs is 2. The third kappa shape index (κ3) is 3.63.